The number of pyridine rings is 1. The van der Waals surface area contributed by atoms with Crippen LogP contribution in [-0.2, 0) is 16.0 Å². The second-order valence-electron chi connectivity index (χ2n) is 8.23. The third-order valence-electron chi connectivity index (χ3n) is 5.77. The fourth-order valence-electron chi connectivity index (χ4n) is 4.32. The predicted octanol–water partition coefficient (Wildman–Crippen LogP) is 2.86. The second kappa shape index (κ2) is 8.55. The summed E-state index contributed by atoms with van der Waals surface area (Å²) in [7, 11) is 1.70. The normalized spacial score (nSPS) is 15.5. The minimum Gasteiger partial charge on any atom is -0.383 e. The van der Waals surface area contributed by atoms with Gasteiger partial charge < -0.3 is 14.2 Å². The third-order valence-corrected chi connectivity index (χ3v) is 5.77. The van der Waals surface area contributed by atoms with Crippen molar-refractivity contribution >= 4 is 17.1 Å². The smallest absolute Gasteiger partial charge is 0.222 e. The summed E-state index contributed by atoms with van der Waals surface area (Å²) in [6, 6.07) is 6.39. The van der Waals surface area contributed by atoms with E-state index in [1.807, 2.05) is 28.6 Å². The number of methoxy groups -OCH3 is 1. The maximum absolute atomic E-state index is 12.6. The van der Waals surface area contributed by atoms with Crippen LogP contribution in [0.25, 0.3) is 11.2 Å². The Balaban J connectivity index is 1.34. The summed E-state index contributed by atoms with van der Waals surface area (Å²) in [6.45, 7) is 8.25. The molecule has 0 aliphatic carbocycles. The van der Waals surface area contributed by atoms with Crippen molar-refractivity contribution in [2.75, 3.05) is 26.8 Å². The Bertz CT molecular complexity index is 1030. The average molecular weight is 411 g/mol. The Kier molecular flexibility index (Phi) is 5.85. The van der Waals surface area contributed by atoms with Crippen molar-refractivity contribution in [1.29, 1.82) is 0 Å². The van der Waals surface area contributed by atoms with Crippen molar-refractivity contribution in [2.24, 2.45) is 0 Å². The molecule has 3 aromatic rings. The zero-order chi connectivity index (χ0) is 21.3. The minimum atomic E-state index is 0.137. The van der Waals surface area contributed by atoms with E-state index in [4.69, 9.17) is 9.72 Å². The lowest BCUT2D eigenvalue weighted by molar-refractivity contribution is -0.137. The molecule has 8 heteroatoms. The van der Waals surface area contributed by atoms with Crippen molar-refractivity contribution in [2.45, 2.75) is 52.1 Å². The molecule has 0 radical (unpaired) electrons. The van der Waals surface area contributed by atoms with E-state index >= 15 is 0 Å². The molecule has 0 N–H and O–H groups in total. The Hall–Kier alpha value is -2.74. The molecule has 0 bridgehead atoms. The van der Waals surface area contributed by atoms with Crippen LogP contribution in [0, 0.1) is 13.8 Å². The van der Waals surface area contributed by atoms with Crippen LogP contribution in [-0.4, -0.2) is 61.9 Å². The number of hydrogen-bond donors (Lipinski definition) is 0. The quantitative estimate of drug-likeness (QED) is 0.571. The lowest BCUT2D eigenvalue weighted by atomic mass is 10.1. The highest BCUT2D eigenvalue weighted by Gasteiger charge is 2.32. The van der Waals surface area contributed by atoms with Gasteiger partial charge in [-0.2, -0.15) is 5.10 Å². The number of ether oxygens (including phenoxy) is 1. The summed E-state index contributed by atoms with van der Waals surface area (Å²) in [6.07, 6.45) is 3.82. The van der Waals surface area contributed by atoms with Crippen molar-refractivity contribution < 1.29 is 9.53 Å². The number of likely N-dealkylation sites (tertiary alicyclic amines) is 1. The minimum absolute atomic E-state index is 0.137. The van der Waals surface area contributed by atoms with Gasteiger partial charge in [-0.3, -0.25) is 9.48 Å². The number of nitrogens with zero attached hydrogens (tertiary/aromatic N) is 6. The van der Waals surface area contributed by atoms with Crippen LogP contribution in [0.2, 0.25) is 0 Å². The Morgan fingerprint density at radius 1 is 1.33 bits per heavy atom. The largest absolute Gasteiger partial charge is 0.383 e. The summed E-state index contributed by atoms with van der Waals surface area (Å²) < 4.78 is 9.53. The SMILES string of the molecule is COC[C@H](C)n1c(CCCC(=O)N2CC(n3nc(C)cc3C)C2)nc2cccnc21. The molecule has 1 aliphatic rings. The van der Waals surface area contributed by atoms with Gasteiger partial charge in [-0.1, -0.05) is 0 Å². The first kappa shape index (κ1) is 20.5. The monoisotopic (exact) mass is 410 g/mol. The molecule has 1 saturated heterocycles. The number of rotatable bonds is 8. The molecule has 8 nitrogen and oxygen atoms in total. The lowest BCUT2D eigenvalue weighted by Gasteiger charge is -2.39. The zero-order valence-corrected chi connectivity index (χ0v) is 18.2. The van der Waals surface area contributed by atoms with E-state index in [-0.39, 0.29) is 11.9 Å². The van der Waals surface area contributed by atoms with Gasteiger partial charge in [0.1, 0.15) is 11.3 Å². The van der Waals surface area contributed by atoms with Gasteiger partial charge in [0.05, 0.1) is 24.4 Å². The number of aromatic nitrogens is 5. The van der Waals surface area contributed by atoms with Crippen molar-refractivity contribution in [1.82, 2.24) is 29.2 Å². The highest BCUT2D eigenvalue weighted by molar-refractivity contribution is 5.77. The maximum atomic E-state index is 12.6. The Labute approximate surface area is 176 Å². The molecule has 0 unspecified atom stereocenters. The first-order valence-corrected chi connectivity index (χ1v) is 10.6. The fraction of sp³-hybridized carbons (Fsp3) is 0.545. The number of fused-ring (bicyclic) bond motifs is 1. The number of amides is 1. The molecule has 1 aliphatic heterocycles. The Morgan fingerprint density at radius 3 is 2.83 bits per heavy atom. The van der Waals surface area contributed by atoms with E-state index in [9.17, 15) is 4.79 Å². The molecular weight excluding hydrogens is 380 g/mol. The number of carbonyl (C=O) groups is 1. The Morgan fingerprint density at radius 2 is 2.13 bits per heavy atom. The molecule has 0 spiro atoms. The van der Waals surface area contributed by atoms with E-state index in [2.05, 4.69) is 34.6 Å². The highest BCUT2D eigenvalue weighted by atomic mass is 16.5. The van der Waals surface area contributed by atoms with Crippen molar-refractivity contribution in [3.63, 3.8) is 0 Å². The molecule has 30 heavy (non-hydrogen) atoms. The molecule has 1 amide bonds. The van der Waals surface area contributed by atoms with E-state index in [0.717, 1.165) is 54.3 Å². The summed E-state index contributed by atoms with van der Waals surface area (Å²) in [4.78, 5) is 23.8. The average Bonchev–Trinajstić information content (AvgIpc) is 3.20. The van der Waals surface area contributed by atoms with Crippen molar-refractivity contribution in [3.05, 3.63) is 41.6 Å². The van der Waals surface area contributed by atoms with Gasteiger partial charge >= 0.3 is 0 Å². The van der Waals surface area contributed by atoms with Gasteiger partial charge in [-0.05, 0) is 45.4 Å². The molecule has 1 atom stereocenters. The van der Waals surface area contributed by atoms with Crippen LogP contribution >= 0.6 is 0 Å². The zero-order valence-electron chi connectivity index (χ0n) is 18.2. The van der Waals surface area contributed by atoms with Crippen LogP contribution < -0.4 is 0 Å². The van der Waals surface area contributed by atoms with Gasteiger partial charge in [-0.25, -0.2) is 9.97 Å². The summed E-state index contributed by atoms with van der Waals surface area (Å²) in [5, 5.41) is 4.54. The van der Waals surface area contributed by atoms with Crippen LogP contribution in [0.15, 0.2) is 24.4 Å². The molecule has 0 aromatic carbocycles. The van der Waals surface area contributed by atoms with Crippen LogP contribution in [0.1, 0.15) is 49.1 Å². The highest BCUT2D eigenvalue weighted by Crippen LogP contribution is 2.25. The number of imidazole rings is 1. The van der Waals surface area contributed by atoms with Crippen LogP contribution in [0.4, 0.5) is 0 Å². The van der Waals surface area contributed by atoms with Gasteiger partial charge in [0.15, 0.2) is 5.65 Å². The standard InChI is InChI=1S/C22H30N6O2/c1-15-11-16(2)28(25-15)18-12-26(13-18)21(29)9-5-8-20-24-19-7-6-10-23-22(19)27(20)17(3)14-30-4/h6-7,10-11,17-18H,5,8-9,12-14H2,1-4H3/t17-/m0/s1. The first-order chi connectivity index (χ1) is 14.5. The molecule has 1 fully saturated rings. The molecule has 160 valence electrons. The molecular formula is C22H30N6O2. The summed E-state index contributed by atoms with van der Waals surface area (Å²) in [5.41, 5.74) is 3.94. The van der Waals surface area contributed by atoms with E-state index in [1.54, 1.807) is 13.3 Å². The summed E-state index contributed by atoms with van der Waals surface area (Å²) >= 11 is 0. The summed E-state index contributed by atoms with van der Waals surface area (Å²) in [5.74, 6) is 1.17. The number of hydrogen-bond acceptors (Lipinski definition) is 5. The van der Waals surface area contributed by atoms with E-state index < -0.39 is 0 Å². The molecule has 3 aromatic heterocycles. The van der Waals surface area contributed by atoms with Gasteiger partial charge in [0.25, 0.3) is 0 Å². The topological polar surface area (TPSA) is 78.1 Å². The first-order valence-electron chi connectivity index (χ1n) is 10.6. The lowest BCUT2D eigenvalue weighted by Crippen LogP contribution is -2.51. The second-order valence-corrected chi connectivity index (χ2v) is 8.23. The number of aryl methyl sites for hydroxylation is 3. The van der Waals surface area contributed by atoms with Crippen molar-refractivity contribution in [3.8, 4) is 0 Å². The molecule has 0 saturated carbocycles. The van der Waals surface area contributed by atoms with Crippen LogP contribution in [0.5, 0.6) is 0 Å². The fourth-order valence-corrected chi connectivity index (χ4v) is 4.32. The third kappa shape index (κ3) is 3.96. The molecule has 4 rings (SSSR count). The number of carbonyl (C=O) groups excluding carboxylic acids is 1. The van der Waals surface area contributed by atoms with Gasteiger partial charge in [0, 0.05) is 44.9 Å². The van der Waals surface area contributed by atoms with Crippen LogP contribution in [0.3, 0.4) is 0 Å². The molecule has 4 heterocycles. The maximum Gasteiger partial charge on any atom is 0.222 e. The van der Waals surface area contributed by atoms with E-state index in [0.29, 0.717) is 19.1 Å². The van der Waals surface area contributed by atoms with Gasteiger partial charge in [-0.15, -0.1) is 0 Å². The predicted molar refractivity (Wildman–Crippen MR) is 114 cm³/mol. The van der Waals surface area contributed by atoms with Gasteiger partial charge in [0.2, 0.25) is 5.91 Å². The van der Waals surface area contributed by atoms with E-state index in [1.165, 1.54) is 0 Å².